The fourth-order valence-corrected chi connectivity index (χ4v) is 2.31. The van der Waals surface area contributed by atoms with E-state index in [0.29, 0.717) is 5.75 Å². The predicted octanol–water partition coefficient (Wildman–Crippen LogP) is 2.22. The molecule has 2 atom stereocenters. The molecule has 0 aliphatic carbocycles. The molecule has 0 radical (unpaired) electrons. The fourth-order valence-electron chi connectivity index (χ4n) is 1.36. The summed E-state index contributed by atoms with van der Waals surface area (Å²) >= 11 is 1.49. The van der Waals surface area contributed by atoms with Crippen molar-refractivity contribution in [3.63, 3.8) is 0 Å². The molecular formula is C13H25NO3S. The summed E-state index contributed by atoms with van der Waals surface area (Å²) in [5, 5.41) is 2.78. The van der Waals surface area contributed by atoms with Gasteiger partial charge in [-0.3, -0.25) is 9.59 Å². The number of esters is 1. The van der Waals surface area contributed by atoms with Gasteiger partial charge in [0.15, 0.2) is 0 Å². The quantitative estimate of drug-likeness (QED) is 0.518. The summed E-state index contributed by atoms with van der Waals surface area (Å²) in [6.07, 6.45) is 3.32. The van der Waals surface area contributed by atoms with Gasteiger partial charge in [-0.25, -0.2) is 0 Å². The van der Waals surface area contributed by atoms with Gasteiger partial charge in [0, 0.05) is 12.3 Å². The first-order valence-corrected chi connectivity index (χ1v) is 7.54. The van der Waals surface area contributed by atoms with Gasteiger partial charge in [0.1, 0.15) is 0 Å². The topological polar surface area (TPSA) is 55.4 Å². The van der Waals surface area contributed by atoms with Gasteiger partial charge in [0.2, 0.25) is 5.91 Å². The van der Waals surface area contributed by atoms with Crippen LogP contribution in [0.4, 0.5) is 0 Å². The van der Waals surface area contributed by atoms with Gasteiger partial charge >= 0.3 is 5.97 Å². The summed E-state index contributed by atoms with van der Waals surface area (Å²) in [5.74, 6) is 0.262. The van der Waals surface area contributed by atoms with Gasteiger partial charge < -0.3 is 10.1 Å². The van der Waals surface area contributed by atoms with Crippen molar-refractivity contribution in [2.24, 2.45) is 5.92 Å². The maximum absolute atomic E-state index is 11.7. The highest BCUT2D eigenvalue weighted by Gasteiger charge is 2.18. The zero-order valence-corrected chi connectivity index (χ0v) is 12.6. The number of carbonyl (C=O) groups excluding carboxylic acids is 2. The SMILES string of the molecule is CCCCCNC(=O)C(C)SCC(C)C(=O)OC. The number of carbonyl (C=O) groups is 2. The normalized spacial score (nSPS) is 13.8. The largest absolute Gasteiger partial charge is 0.469 e. The third-order valence-electron chi connectivity index (χ3n) is 2.65. The number of unbranched alkanes of at least 4 members (excludes halogenated alkanes) is 2. The van der Waals surface area contributed by atoms with E-state index < -0.39 is 0 Å². The van der Waals surface area contributed by atoms with Crippen molar-refractivity contribution in [3.05, 3.63) is 0 Å². The Morgan fingerprint density at radius 3 is 2.50 bits per heavy atom. The van der Waals surface area contributed by atoms with Crippen molar-refractivity contribution in [2.75, 3.05) is 19.4 Å². The Balaban J connectivity index is 3.77. The molecule has 0 aromatic rings. The highest BCUT2D eigenvalue weighted by atomic mass is 32.2. The lowest BCUT2D eigenvalue weighted by Gasteiger charge is -2.14. The first kappa shape index (κ1) is 17.3. The van der Waals surface area contributed by atoms with E-state index in [1.807, 2.05) is 13.8 Å². The van der Waals surface area contributed by atoms with Crippen molar-refractivity contribution in [1.82, 2.24) is 5.32 Å². The molecule has 0 rings (SSSR count). The van der Waals surface area contributed by atoms with Gasteiger partial charge in [-0.05, 0) is 13.3 Å². The molecule has 2 unspecified atom stereocenters. The van der Waals surface area contributed by atoms with Gasteiger partial charge in [-0.1, -0.05) is 26.7 Å². The van der Waals surface area contributed by atoms with Gasteiger partial charge in [-0.2, -0.15) is 0 Å². The number of nitrogens with one attached hydrogen (secondary N) is 1. The number of methoxy groups -OCH3 is 1. The number of rotatable bonds is 9. The zero-order chi connectivity index (χ0) is 14.0. The highest BCUT2D eigenvalue weighted by molar-refractivity contribution is 8.00. The molecule has 0 saturated heterocycles. The maximum atomic E-state index is 11.7. The summed E-state index contributed by atoms with van der Waals surface area (Å²) in [6, 6.07) is 0. The van der Waals surface area contributed by atoms with Gasteiger partial charge in [0.05, 0.1) is 18.3 Å². The molecule has 106 valence electrons. The lowest BCUT2D eigenvalue weighted by molar-refractivity contribution is -0.144. The van der Waals surface area contributed by atoms with Crippen LogP contribution in [0.5, 0.6) is 0 Å². The van der Waals surface area contributed by atoms with Crippen LogP contribution in [0, 0.1) is 5.92 Å². The van der Waals surface area contributed by atoms with E-state index in [2.05, 4.69) is 17.0 Å². The molecule has 0 aromatic heterocycles. The van der Waals surface area contributed by atoms with Crippen LogP contribution in [0.15, 0.2) is 0 Å². The van der Waals surface area contributed by atoms with Crippen LogP contribution in [0.25, 0.3) is 0 Å². The van der Waals surface area contributed by atoms with E-state index in [9.17, 15) is 9.59 Å². The number of amides is 1. The van der Waals surface area contributed by atoms with Crippen LogP contribution in [-0.2, 0) is 14.3 Å². The van der Waals surface area contributed by atoms with Crippen molar-refractivity contribution in [1.29, 1.82) is 0 Å². The molecule has 18 heavy (non-hydrogen) atoms. The van der Waals surface area contributed by atoms with Crippen LogP contribution in [-0.4, -0.2) is 36.5 Å². The number of hydrogen-bond acceptors (Lipinski definition) is 4. The van der Waals surface area contributed by atoms with Crippen molar-refractivity contribution < 1.29 is 14.3 Å². The Morgan fingerprint density at radius 2 is 1.94 bits per heavy atom. The fraction of sp³-hybridized carbons (Fsp3) is 0.846. The second-order valence-electron chi connectivity index (χ2n) is 4.40. The number of ether oxygens (including phenoxy) is 1. The highest BCUT2D eigenvalue weighted by Crippen LogP contribution is 2.15. The lowest BCUT2D eigenvalue weighted by atomic mass is 10.2. The first-order chi connectivity index (χ1) is 8.52. The monoisotopic (exact) mass is 275 g/mol. The Labute approximate surface area is 114 Å². The zero-order valence-electron chi connectivity index (χ0n) is 11.8. The van der Waals surface area contributed by atoms with Crippen LogP contribution < -0.4 is 5.32 Å². The standard InChI is InChI=1S/C13H25NO3S/c1-5-6-7-8-14-12(15)11(3)18-9-10(2)13(16)17-4/h10-11H,5-9H2,1-4H3,(H,14,15). The molecule has 0 fully saturated rings. The van der Waals surface area contributed by atoms with E-state index in [4.69, 9.17) is 0 Å². The molecule has 0 spiro atoms. The predicted molar refractivity (Wildman–Crippen MR) is 75.6 cm³/mol. The maximum Gasteiger partial charge on any atom is 0.309 e. The summed E-state index contributed by atoms with van der Waals surface area (Å²) in [6.45, 7) is 6.55. The first-order valence-electron chi connectivity index (χ1n) is 6.50. The van der Waals surface area contributed by atoms with Crippen LogP contribution in [0.2, 0.25) is 0 Å². The van der Waals surface area contributed by atoms with E-state index in [0.717, 1.165) is 25.8 Å². The Bertz CT molecular complexity index is 259. The second kappa shape index (κ2) is 10.2. The Morgan fingerprint density at radius 1 is 1.28 bits per heavy atom. The molecular weight excluding hydrogens is 250 g/mol. The number of thioether (sulfide) groups is 1. The van der Waals surface area contributed by atoms with Crippen molar-refractivity contribution in [2.45, 2.75) is 45.3 Å². The van der Waals surface area contributed by atoms with Crippen molar-refractivity contribution >= 4 is 23.6 Å². The molecule has 1 amide bonds. The molecule has 0 aliphatic heterocycles. The minimum atomic E-state index is -0.224. The molecule has 5 heteroatoms. The smallest absolute Gasteiger partial charge is 0.309 e. The summed E-state index contributed by atoms with van der Waals surface area (Å²) in [7, 11) is 1.38. The van der Waals surface area contributed by atoms with Gasteiger partial charge in [-0.15, -0.1) is 11.8 Å². The third-order valence-corrected chi connectivity index (χ3v) is 4.06. The minimum absolute atomic E-state index is 0.0492. The van der Waals surface area contributed by atoms with Crippen LogP contribution >= 0.6 is 11.8 Å². The Kier molecular flexibility index (Phi) is 9.83. The van der Waals surface area contributed by atoms with E-state index in [1.165, 1.54) is 18.9 Å². The molecule has 0 heterocycles. The average Bonchev–Trinajstić information content (AvgIpc) is 2.39. The third kappa shape index (κ3) is 7.58. The summed E-state index contributed by atoms with van der Waals surface area (Å²) < 4.78 is 4.64. The van der Waals surface area contributed by atoms with E-state index >= 15 is 0 Å². The summed E-state index contributed by atoms with van der Waals surface area (Å²) in [5.41, 5.74) is 0. The van der Waals surface area contributed by atoms with Gasteiger partial charge in [0.25, 0.3) is 0 Å². The van der Waals surface area contributed by atoms with Crippen molar-refractivity contribution in [3.8, 4) is 0 Å². The van der Waals surface area contributed by atoms with Crippen LogP contribution in [0.1, 0.15) is 40.0 Å². The van der Waals surface area contributed by atoms with E-state index in [1.54, 1.807) is 0 Å². The Hall–Kier alpha value is -0.710. The molecule has 0 bridgehead atoms. The molecule has 1 N–H and O–H groups in total. The lowest BCUT2D eigenvalue weighted by Crippen LogP contribution is -2.32. The van der Waals surface area contributed by atoms with Crippen LogP contribution in [0.3, 0.4) is 0 Å². The van der Waals surface area contributed by atoms with E-state index in [-0.39, 0.29) is 23.0 Å². The summed E-state index contributed by atoms with van der Waals surface area (Å²) in [4.78, 5) is 22.9. The molecule has 0 saturated carbocycles. The molecule has 0 aromatic carbocycles. The number of hydrogen-bond donors (Lipinski definition) is 1. The molecule has 4 nitrogen and oxygen atoms in total. The molecule has 0 aliphatic rings. The minimum Gasteiger partial charge on any atom is -0.469 e. The second-order valence-corrected chi connectivity index (χ2v) is 5.77. The average molecular weight is 275 g/mol.